The van der Waals surface area contributed by atoms with Crippen LogP contribution in [0, 0.1) is 0 Å². The maximum atomic E-state index is 12.2. The van der Waals surface area contributed by atoms with Crippen molar-refractivity contribution in [3.8, 4) is 0 Å². The Hall–Kier alpha value is -1.54. The Morgan fingerprint density at radius 2 is 2.00 bits per heavy atom. The van der Waals surface area contributed by atoms with Gasteiger partial charge < -0.3 is 0 Å². The number of carbonyl (C=O) groups excluding carboxylic acids is 1. The molecular weight excluding hydrogens is 252 g/mol. The first-order valence-electron chi connectivity index (χ1n) is 6.72. The topological polar surface area (TPSA) is 17.1 Å². The summed E-state index contributed by atoms with van der Waals surface area (Å²) in [5, 5.41) is 2.28. The average molecular weight is 268 g/mol. The molecule has 0 atom stereocenters. The van der Waals surface area contributed by atoms with Crippen molar-refractivity contribution in [3.63, 3.8) is 0 Å². The molecule has 0 saturated carbocycles. The van der Waals surface area contributed by atoms with Gasteiger partial charge in [0.1, 0.15) is 0 Å². The minimum atomic E-state index is 0.142. The van der Waals surface area contributed by atoms with E-state index in [-0.39, 0.29) is 5.78 Å². The van der Waals surface area contributed by atoms with E-state index >= 15 is 0 Å². The highest BCUT2D eigenvalue weighted by Crippen LogP contribution is 2.35. The zero-order chi connectivity index (χ0) is 13.2. The molecule has 3 rings (SSSR count). The summed E-state index contributed by atoms with van der Waals surface area (Å²) in [5.41, 5.74) is 2.06. The number of allylic oxidation sites excluding steroid dienone is 1. The zero-order valence-corrected chi connectivity index (χ0v) is 11.8. The van der Waals surface area contributed by atoms with Crippen LogP contribution in [-0.2, 0) is 0 Å². The Bertz CT molecular complexity index is 670. The summed E-state index contributed by atoms with van der Waals surface area (Å²) in [6, 6.07) is 10.4. The lowest BCUT2D eigenvalue weighted by molar-refractivity contribution is 0.104. The maximum absolute atomic E-state index is 12.2. The summed E-state index contributed by atoms with van der Waals surface area (Å²) in [5.74, 6) is 1.22. The van der Waals surface area contributed by atoms with E-state index in [4.69, 9.17) is 0 Å². The van der Waals surface area contributed by atoms with Crippen molar-refractivity contribution in [3.05, 3.63) is 47.5 Å². The van der Waals surface area contributed by atoms with Crippen molar-refractivity contribution in [2.45, 2.75) is 24.7 Å². The second-order valence-corrected chi connectivity index (χ2v) is 5.92. The van der Waals surface area contributed by atoms with Gasteiger partial charge >= 0.3 is 0 Å². The van der Waals surface area contributed by atoms with Crippen LogP contribution in [0.3, 0.4) is 0 Å². The van der Waals surface area contributed by atoms with Crippen LogP contribution < -0.4 is 0 Å². The molecule has 0 saturated heterocycles. The number of hydrogen-bond acceptors (Lipinski definition) is 2. The standard InChI is InChI=1S/C17H16OS/c1-2-3-11-19-15-10-8-13-6-4-5-12-7-9-14(18)17(15)16(12)13/h4-10H,2-3,11H2,1H3. The van der Waals surface area contributed by atoms with Gasteiger partial charge in [-0.2, -0.15) is 0 Å². The van der Waals surface area contributed by atoms with Gasteiger partial charge in [0.05, 0.1) is 0 Å². The van der Waals surface area contributed by atoms with Gasteiger partial charge in [-0.15, -0.1) is 11.8 Å². The van der Waals surface area contributed by atoms with E-state index in [1.807, 2.05) is 12.1 Å². The molecule has 0 bridgehead atoms. The van der Waals surface area contributed by atoms with Crippen molar-refractivity contribution >= 4 is 34.4 Å². The predicted octanol–water partition coefficient (Wildman–Crippen LogP) is 4.94. The summed E-state index contributed by atoms with van der Waals surface area (Å²) in [6.07, 6.45) is 6.00. The fraction of sp³-hybridized carbons (Fsp3) is 0.235. The Kier molecular flexibility index (Phi) is 3.43. The number of thioether (sulfide) groups is 1. The summed E-state index contributed by atoms with van der Waals surface area (Å²) in [4.78, 5) is 13.4. The quantitative estimate of drug-likeness (QED) is 0.577. The van der Waals surface area contributed by atoms with E-state index < -0.39 is 0 Å². The molecule has 96 valence electrons. The number of hydrogen-bond donors (Lipinski definition) is 0. The van der Waals surface area contributed by atoms with E-state index in [2.05, 4.69) is 31.2 Å². The van der Waals surface area contributed by atoms with Gasteiger partial charge in [-0.25, -0.2) is 0 Å². The molecule has 0 aliphatic heterocycles. The normalized spacial score (nSPS) is 13.2. The summed E-state index contributed by atoms with van der Waals surface area (Å²) in [6.45, 7) is 2.19. The monoisotopic (exact) mass is 268 g/mol. The number of benzene rings is 2. The van der Waals surface area contributed by atoms with Crippen LogP contribution in [0.4, 0.5) is 0 Å². The molecule has 0 radical (unpaired) electrons. The van der Waals surface area contributed by atoms with E-state index in [0.29, 0.717) is 0 Å². The van der Waals surface area contributed by atoms with E-state index in [9.17, 15) is 4.79 Å². The van der Waals surface area contributed by atoms with Crippen molar-refractivity contribution < 1.29 is 4.79 Å². The van der Waals surface area contributed by atoms with Crippen LogP contribution in [0.15, 0.2) is 41.3 Å². The fourth-order valence-corrected chi connectivity index (χ4v) is 3.63. The minimum Gasteiger partial charge on any atom is -0.289 e. The maximum Gasteiger partial charge on any atom is 0.187 e. The number of rotatable bonds is 4. The second-order valence-electron chi connectivity index (χ2n) is 4.78. The molecule has 0 spiro atoms. The molecule has 0 aromatic heterocycles. The Morgan fingerprint density at radius 3 is 2.84 bits per heavy atom. The van der Waals surface area contributed by atoms with Crippen LogP contribution in [-0.4, -0.2) is 11.5 Å². The van der Waals surface area contributed by atoms with Crippen LogP contribution >= 0.6 is 11.8 Å². The predicted molar refractivity (Wildman–Crippen MR) is 82.9 cm³/mol. The van der Waals surface area contributed by atoms with E-state index in [1.165, 1.54) is 12.8 Å². The summed E-state index contributed by atoms with van der Waals surface area (Å²) in [7, 11) is 0. The third-order valence-electron chi connectivity index (χ3n) is 3.46. The molecule has 0 heterocycles. The number of unbranched alkanes of at least 4 members (excludes halogenated alkanes) is 1. The smallest absolute Gasteiger partial charge is 0.187 e. The molecular formula is C17H16OS. The zero-order valence-electron chi connectivity index (χ0n) is 11.0. The Labute approximate surface area is 117 Å². The SMILES string of the molecule is CCCCSc1ccc2cccc3c2c1C(=O)C=C3. The molecule has 19 heavy (non-hydrogen) atoms. The molecule has 0 N–H and O–H groups in total. The molecule has 2 aromatic carbocycles. The highest BCUT2D eigenvalue weighted by Gasteiger charge is 2.18. The largest absolute Gasteiger partial charge is 0.289 e. The third-order valence-corrected chi connectivity index (χ3v) is 4.60. The molecule has 1 nitrogen and oxygen atoms in total. The lowest BCUT2D eigenvalue weighted by Gasteiger charge is -2.15. The molecule has 0 unspecified atom stereocenters. The van der Waals surface area contributed by atoms with Crippen molar-refractivity contribution in [2.75, 3.05) is 5.75 Å². The van der Waals surface area contributed by atoms with Gasteiger partial charge in [-0.3, -0.25) is 4.79 Å². The molecule has 1 aliphatic carbocycles. The van der Waals surface area contributed by atoms with Crippen LogP contribution in [0.2, 0.25) is 0 Å². The number of carbonyl (C=O) groups is 1. The van der Waals surface area contributed by atoms with Gasteiger partial charge in [0.25, 0.3) is 0 Å². The summed E-state index contributed by atoms with van der Waals surface area (Å²) >= 11 is 1.80. The third kappa shape index (κ3) is 2.21. The molecule has 0 fully saturated rings. The van der Waals surface area contributed by atoms with E-state index in [0.717, 1.165) is 32.5 Å². The minimum absolute atomic E-state index is 0.142. The lowest BCUT2D eigenvalue weighted by Crippen LogP contribution is -2.04. The Balaban J connectivity index is 2.14. The first kappa shape index (κ1) is 12.5. The molecule has 2 heteroatoms. The van der Waals surface area contributed by atoms with Crippen LogP contribution in [0.25, 0.3) is 16.8 Å². The van der Waals surface area contributed by atoms with Gasteiger partial charge in [0.2, 0.25) is 0 Å². The second kappa shape index (κ2) is 5.22. The fourth-order valence-electron chi connectivity index (χ4n) is 2.47. The average Bonchev–Trinajstić information content (AvgIpc) is 2.44. The molecule has 2 aromatic rings. The highest BCUT2D eigenvalue weighted by molar-refractivity contribution is 7.99. The van der Waals surface area contributed by atoms with Crippen molar-refractivity contribution in [1.29, 1.82) is 0 Å². The first-order chi connectivity index (χ1) is 9.31. The lowest BCUT2D eigenvalue weighted by atomic mass is 9.92. The molecule has 1 aliphatic rings. The number of ketones is 1. The first-order valence-corrected chi connectivity index (χ1v) is 7.71. The van der Waals surface area contributed by atoms with Crippen molar-refractivity contribution in [2.24, 2.45) is 0 Å². The van der Waals surface area contributed by atoms with Crippen LogP contribution in [0.5, 0.6) is 0 Å². The van der Waals surface area contributed by atoms with Gasteiger partial charge in [-0.05, 0) is 35.3 Å². The van der Waals surface area contributed by atoms with E-state index in [1.54, 1.807) is 17.8 Å². The highest BCUT2D eigenvalue weighted by atomic mass is 32.2. The molecule has 0 amide bonds. The van der Waals surface area contributed by atoms with Crippen molar-refractivity contribution in [1.82, 2.24) is 0 Å². The van der Waals surface area contributed by atoms with Gasteiger partial charge in [0, 0.05) is 15.8 Å². The summed E-state index contributed by atoms with van der Waals surface area (Å²) < 4.78 is 0. The van der Waals surface area contributed by atoms with Gasteiger partial charge in [0.15, 0.2) is 5.78 Å². The van der Waals surface area contributed by atoms with Crippen LogP contribution in [0.1, 0.15) is 35.7 Å². The van der Waals surface area contributed by atoms with Gasteiger partial charge in [-0.1, -0.05) is 43.7 Å². The Morgan fingerprint density at radius 1 is 1.11 bits per heavy atom.